The molecule has 0 amide bonds. The number of halogens is 1. The van der Waals surface area contributed by atoms with Crippen LogP contribution in [-0.2, 0) is 4.79 Å². The highest BCUT2D eigenvalue weighted by Crippen LogP contribution is 2.34. The van der Waals surface area contributed by atoms with Gasteiger partial charge in [-0.3, -0.25) is 4.79 Å². The maximum atomic E-state index is 11.2. The van der Waals surface area contributed by atoms with Crippen molar-refractivity contribution in [1.82, 2.24) is 5.32 Å². The number of carbonyl (C=O) groups excluding carboxylic acids is 1. The molecule has 0 bridgehead atoms. The van der Waals surface area contributed by atoms with Crippen LogP contribution < -0.4 is 10.1 Å². The van der Waals surface area contributed by atoms with E-state index in [2.05, 4.69) is 11.4 Å². The van der Waals surface area contributed by atoms with Crippen LogP contribution in [0.25, 0.3) is 0 Å². The first-order valence-electron chi connectivity index (χ1n) is 9.46. The maximum Gasteiger partial charge on any atom is 0.308 e. The van der Waals surface area contributed by atoms with E-state index in [9.17, 15) is 9.90 Å². The van der Waals surface area contributed by atoms with Crippen molar-refractivity contribution in [2.45, 2.75) is 50.7 Å². The minimum absolute atomic E-state index is 0.301. The third-order valence-corrected chi connectivity index (χ3v) is 5.33. The highest BCUT2D eigenvalue weighted by molar-refractivity contribution is 6.30. The molecule has 4 nitrogen and oxygen atoms in total. The van der Waals surface area contributed by atoms with Crippen molar-refractivity contribution in [3.05, 3.63) is 64.7 Å². The lowest BCUT2D eigenvalue weighted by molar-refractivity contribution is -0.131. The van der Waals surface area contributed by atoms with Gasteiger partial charge in [0.1, 0.15) is 5.75 Å². The molecule has 2 N–H and O–H groups in total. The Morgan fingerprint density at radius 3 is 2.85 bits per heavy atom. The van der Waals surface area contributed by atoms with Crippen molar-refractivity contribution in [3.8, 4) is 5.75 Å². The Bertz CT molecular complexity index is 780. The summed E-state index contributed by atoms with van der Waals surface area (Å²) in [4.78, 5) is 11.2. The average Bonchev–Trinajstić information content (AvgIpc) is 2.66. The molecular weight excluding hydrogens is 362 g/mol. The fourth-order valence-electron chi connectivity index (χ4n) is 3.79. The lowest BCUT2D eigenvalue weighted by Gasteiger charge is -2.31. The molecule has 3 atom stereocenters. The molecule has 5 heteroatoms. The van der Waals surface area contributed by atoms with Gasteiger partial charge in [-0.05, 0) is 60.6 Å². The molecule has 0 heterocycles. The summed E-state index contributed by atoms with van der Waals surface area (Å²) in [6, 6.07) is 15.5. The van der Waals surface area contributed by atoms with Crippen LogP contribution in [0.1, 0.15) is 55.8 Å². The Morgan fingerprint density at radius 1 is 1.26 bits per heavy atom. The Balaban J connectivity index is 1.57. The third-order valence-electron chi connectivity index (χ3n) is 5.10. The van der Waals surface area contributed by atoms with Crippen LogP contribution in [0, 0.1) is 0 Å². The van der Waals surface area contributed by atoms with Gasteiger partial charge in [-0.1, -0.05) is 42.3 Å². The van der Waals surface area contributed by atoms with Gasteiger partial charge < -0.3 is 15.2 Å². The summed E-state index contributed by atoms with van der Waals surface area (Å²) in [5.41, 5.74) is 2.03. The Kier molecular flexibility index (Phi) is 6.89. The molecule has 2 aromatic rings. The molecule has 1 aliphatic rings. The van der Waals surface area contributed by atoms with E-state index in [1.165, 1.54) is 12.5 Å². The second-order valence-electron chi connectivity index (χ2n) is 7.21. The van der Waals surface area contributed by atoms with Crippen LogP contribution in [0.2, 0.25) is 5.02 Å². The molecule has 0 radical (unpaired) electrons. The number of aliphatic hydroxyl groups excluding tert-OH is 1. The second-order valence-corrected chi connectivity index (χ2v) is 7.64. The van der Waals surface area contributed by atoms with Gasteiger partial charge in [0.15, 0.2) is 0 Å². The Hall–Kier alpha value is -1.88. The smallest absolute Gasteiger partial charge is 0.308 e. The van der Waals surface area contributed by atoms with Crippen molar-refractivity contribution in [2.75, 3.05) is 6.54 Å². The molecule has 1 aliphatic carbocycles. The van der Waals surface area contributed by atoms with E-state index in [0.29, 0.717) is 29.3 Å². The zero-order valence-corrected chi connectivity index (χ0v) is 16.3. The number of rotatable bonds is 6. The van der Waals surface area contributed by atoms with E-state index in [0.717, 1.165) is 31.2 Å². The van der Waals surface area contributed by atoms with Gasteiger partial charge in [-0.15, -0.1) is 0 Å². The normalized spacial score (nSPS) is 20.9. The predicted molar refractivity (Wildman–Crippen MR) is 107 cm³/mol. The summed E-state index contributed by atoms with van der Waals surface area (Å²) >= 11 is 6.01. The zero-order valence-electron chi connectivity index (χ0n) is 15.5. The lowest BCUT2D eigenvalue weighted by atomic mass is 9.81. The molecule has 2 unspecified atom stereocenters. The van der Waals surface area contributed by atoms with Crippen molar-refractivity contribution in [3.63, 3.8) is 0 Å². The van der Waals surface area contributed by atoms with Gasteiger partial charge in [0.2, 0.25) is 0 Å². The van der Waals surface area contributed by atoms with Crippen LogP contribution in [0.3, 0.4) is 0 Å². The largest absolute Gasteiger partial charge is 0.427 e. The van der Waals surface area contributed by atoms with E-state index in [-0.39, 0.29) is 5.97 Å². The monoisotopic (exact) mass is 387 g/mol. The average molecular weight is 388 g/mol. The van der Waals surface area contributed by atoms with Crippen LogP contribution >= 0.6 is 11.6 Å². The summed E-state index contributed by atoms with van der Waals surface area (Å²) in [6.45, 7) is 1.92. The standard InChI is InChI=1S/C22H26ClNO3/c1-15(25)27-21-10-4-6-17(13-21)16-5-3-9-20(12-16)24-14-22(26)18-7-2-8-19(23)11-18/h2,4,6-8,10-11,13,16,20,22,24,26H,3,5,9,12,14H2,1H3/t16?,20?,22-/m0/s1. The van der Waals surface area contributed by atoms with Crippen molar-refractivity contribution in [2.24, 2.45) is 0 Å². The lowest BCUT2D eigenvalue weighted by Crippen LogP contribution is -2.36. The summed E-state index contributed by atoms with van der Waals surface area (Å²) < 4.78 is 5.21. The summed E-state index contributed by atoms with van der Waals surface area (Å²) in [5.74, 6) is 0.729. The summed E-state index contributed by atoms with van der Waals surface area (Å²) in [7, 11) is 0. The predicted octanol–water partition coefficient (Wildman–Crippen LogP) is 4.61. The first-order chi connectivity index (χ1) is 13.0. The number of hydrogen-bond donors (Lipinski definition) is 2. The minimum Gasteiger partial charge on any atom is -0.427 e. The molecule has 27 heavy (non-hydrogen) atoms. The van der Waals surface area contributed by atoms with Crippen LogP contribution in [-0.4, -0.2) is 23.7 Å². The fraction of sp³-hybridized carbons (Fsp3) is 0.409. The topological polar surface area (TPSA) is 58.6 Å². The van der Waals surface area contributed by atoms with E-state index < -0.39 is 6.10 Å². The Morgan fingerprint density at radius 2 is 2.07 bits per heavy atom. The molecule has 2 aromatic carbocycles. The first kappa shape index (κ1) is 19.9. The van der Waals surface area contributed by atoms with Gasteiger partial charge >= 0.3 is 5.97 Å². The van der Waals surface area contributed by atoms with Crippen molar-refractivity contribution >= 4 is 17.6 Å². The number of benzene rings is 2. The Labute approximate surface area is 165 Å². The molecular formula is C22H26ClNO3. The minimum atomic E-state index is -0.573. The quantitative estimate of drug-likeness (QED) is 0.561. The van der Waals surface area contributed by atoms with Gasteiger partial charge in [0.25, 0.3) is 0 Å². The van der Waals surface area contributed by atoms with Crippen LogP contribution in [0.15, 0.2) is 48.5 Å². The molecule has 0 aliphatic heterocycles. The fourth-order valence-corrected chi connectivity index (χ4v) is 3.98. The highest BCUT2D eigenvalue weighted by atomic mass is 35.5. The number of hydrogen-bond acceptors (Lipinski definition) is 4. The van der Waals surface area contributed by atoms with E-state index >= 15 is 0 Å². The molecule has 144 valence electrons. The van der Waals surface area contributed by atoms with E-state index in [1.807, 2.05) is 30.3 Å². The highest BCUT2D eigenvalue weighted by Gasteiger charge is 2.24. The van der Waals surface area contributed by atoms with Gasteiger partial charge in [0.05, 0.1) is 6.10 Å². The summed E-state index contributed by atoms with van der Waals surface area (Å²) in [5, 5.41) is 14.6. The van der Waals surface area contributed by atoms with Gasteiger partial charge in [-0.25, -0.2) is 0 Å². The zero-order chi connectivity index (χ0) is 19.2. The number of carbonyl (C=O) groups is 1. The first-order valence-corrected chi connectivity index (χ1v) is 9.84. The summed E-state index contributed by atoms with van der Waals surface area (Å²) in [6.07, 6.45) is 3.79. The van der Waals surface area contributed by atoms with Crippen molar-refractivity contribution in [1.29, 1.82) is 0 Å². The number of nitrogens with one attached hydrogen (secondary N) is 1. The molecule has 0 spiro atoms. The number of ether oxygens (including phenoxy) is 1. The number of aliphatic hydroxyl groups is 1. The molecule has 1 fully saturated rings. The molecule has 1 saturated carbocycles. The van der Waals surface area contributed by atoms with Gasteiger partial charge in [-0.2, -0.15) is 0 Å². The third kappa shape index (κ3) is 5.80. The second kappa shape index (κ2) is 9.36. The molecule has 0 aromatic heterocycles. The van der Waals surface area contributed by atoms with Crippen LogP contribution in [0.4, 0.5) is 0 Å². The maximum absolute atomic E-state index is 11.2. The van der Waals surface area contributed by atoms with Crippen LogP contribution in [0.5, 0.6) is 5.75 Å². The SMILES string of the molecule is CC(=O)Oc1cccc(C2CCCC(NC[C@H](O)c3cccc(Cl)c3)C2)c1. The molecule has 0 saturated heterocycles. The van der Waals surface area contributed by atoms with E-state index in [4.69, 9.17) is 16.3 Å². The number of esters is 1. The van der Waals surface area contributed by atoms with Gasteiger partial charge in [0, 0.05) is 24.5 Å². The molecule has 3 rings (SSSR count). The van der Waals surface area contributed by atoms with Crippen molar-refractivity contribution < 1.29 is 14.6 Å². The van der Waals surface area contributed by atoms with E-state index in [1.54, 1.807) is 12.1 Å².